The molecule has 0 amide bonds. The van der Waals surface area contributed by atoms with Gasteiger partial charge < -0.3 is 15.2 Å². The number of rotatable bonds is 6. The zero-order chi connectivity index (χ0) is 15.2. The Labute approximate surface area is 134 Å². The third-order valence-corrected chi connectivity index (χ3v) is 4.34. The molecule has 0 aliphatic carbocycles. The van der Waals surface area contributed by atoms with E-state index in [-0.39, 0.29) is 5.92 Å². The molecule has 21 heavy (non-hydrogen) atoms. The lowest BCUT2D eigenvalue weighted by Gasteiger charge is -2.19. The summed E-state index contributed by atoms with van der Waals surface area (Å²) in [5.41, 5.74) is 8.32. The molecule has 4 heteroatoms. The fraction of sp³-hybridized carbons (Fsp3) is 0.294. The van der Waals surface area contributed by atoms with Gasteiger partial charge in [-0.15, -0.1) is 0 Å². The molecule has 1 atom stereocenters. The average molecular weight is 350 g/mol. The standard InChI is InChI=1S/C17H20BrNO2/c1-20-15-9-8-13(17(21-2)16(15)18)10-14(11-19)12-6-4-3-5-7-12/h3-9,14H,10-11,19H2,1-2H3. The predicted molar refractivity (Wildman–Crippen MR) is 89.2 cm³/mol. The maximum Gasteiger partial charge on any atom is 0.140 e. The van der Waals surface area contributed by atoms with Gasteiger partial charge in [0, 0.05) is 5.92 Å². The van der Waals surface area contributed by atoms with Gasteiger partial charge in [-0.3, -0.25) is 0 Å². The molecule has 0 radical (unpaired) electrons. The molecule has 112 valence electrons. The first-order valence-corrected chi connectivity index (χ1v) is 7.65. The molecule has 0 aliphatic heterocycles. The van der Waals surface area contributed by atoms with Crippen LogP contribution in [0.5, 0.6) is 11.5 Å². The van der Waals surface area contributed by atoms with Crippen molar-refractivity contribution >= 4 is 15.9 Å². The van der Waals surface area contributed by atoms with E-state index in [0.717, 1.165) is 28.0 Å². The van der Waals surface area contributed by atoms with Crippen molar-refractivity contribution in [1.29, 1.82) is 0 Å². The molecule has 2 aromatic carbocycles. The number of hydrogen-bond acceptors (Lipinski definition) is 3. The lowest BCUT2D eigenvalue weighted by Crippen LogP contribution is -2.15. The molecule has 0 bridgehead atoms. The number of nitrogens with two attached hydrogens (primary N) is 1. The molecule has 0 aliphatic rings. The van der Waals surface area contributed by atoms with Crippen molar-refractivity contribution in [3.63, 3.8) is 0 Å². The van der Waals surface area contributed by atoms with E-state index < -0.39 is 0 Å². The summed E-state index contributed by atoms with van der Waals surface area (Å²) in [6.45, 7) is 0.594. The fourth-order valence-electron chi connectivity index (χ4n) is 2.45. The van der Waals surface area contributed by atoms with Crippen LogP contribution in [0.3, 0.4) is 0 Å². The second kappa shape index (κ2) is 7.48. The Morgan fingerprint density at radius 1 is 1.05 bits per heavy atom. The van der Waals surface area contributed by atoms with E-state index in [1.54, 1.807) is 14.2 Å². The molecular formula is C17H20BrNO2. The largest absolute Gasteiger partial charge is 0.495 e. The summed E-state index contributed by atoms with van der Waals surface area (Å²) in [5.74, 6) is 1.84. The Morgan fingerprint density at radius 3 is 2.33 bits per heavy atom. The van der Waals surface area contributed by atoms with Crippen LogP contribution in [0.15, 0.2) is 46.9 Å². The average Bonchev–Trinajstić information content (AvgIpc) is 2.53. The molecule has 0 saturated carbocycles. The zero-order valence-electron chi connectivity index (χ0n) is 12.3. The zero-order valence-corrected chi connectivity index (χ0v) is 13.9. The van der Waals surface area contributed by atoms with Gasteiger partial charge in [-0.2, -0.15) is 0 Å². The van der Waals surface area contributed by atoms with Crippen molar-refractivity contribution in [3.8, 4) is 11.5 Å². The second-order valence-electron chi connectivity index (χ2n) is 4.82. The summed E-state index contributed by atoms with van der Waals surface area (Å²) in [5, 5.41) is 0. The first-order chi connectivity index (χ1) is 10.2. The van der Waals surface area contributed by atoms with Gasteiger partial charge in [-0.25, -0.2) is 0 Å². The Hall–Kier alpha value is -1.52. The van der Waals surface area contributed by atoms with E-state index in [2.05, 4.69) is 28.1 Å². The Bertz CT molecular complexity index is 587. The highest BCUT2D eigenvalue weighted by atomic mass is 79.9. The van der Waals surface area contributed by atoms with Crippen LogP contribution in [0.25, 0.3) is 0 Å². The van der Waals surface area contributed by atoms with Crippen LogP contribution in [-0.4, -0.2) is 20.8 Å². The van der Waals surface area contributed by atoms with Crippen molar-refractivity contribution in [1.82, 2.24) is 0 Å². The van der Waals surface area contributed by atoms with Gasteiger partial charge in [-0.05, 0) is 46.1 Å². The molecular weight excluding hydrogens is 330 g/mol. The Morgan fingerprint density at radius 2 is 1.76 bits per heavy atom. The molecule has 2 N–H and O–H groups in total. The summed E-state index contributed by atoms with van der Waals surface area (Å²) in [6, 6.07) is 14.3. The highest BCUT2D eigenvalue weighted by Gasteiger charge is 2.17. The molecule has 2 rings (SSSR count). The van der Waals surface area contributed by atoms with Crippen LogP contribution in [0, 0.1) is 0 Å². The number of methoxy groups -OCH3 is 2. The van der Waals surface area contributed by atoms with Gasteiger partial charge in [0.2, 0.25) is 0 Å². The molecule has 0 spiro atoms. The van der Waals surface area contributed by atoms with Crippen LogP contribution in [0.4, 0.5) is 0 Å². The summed E-state index contributed by atoms with van der Waals surface area (Å²) < 4.78 is 11.7. The van der Waals surface area contributed by atoms with Crippen LogP contribution in [0.1, 0.15) is 17.0 Å². The van der Waals surface area contributed by atoms with E-state index >= 15 is 0 Å². The number of hydrogen-bond donors (Lipinski definition) is 1. The van der Waals surface area contributed by atoms with Crippen LogP contribution >= 0.6 is 15.9 Å². The Balaban J connectivity index is 2.32. The van der Waals surface area contributed by atoms with E-state index in [0.29, 0.717) is 6.54 Å². The number of benzene rings is 2. The summed E-state index contributed by atoms with van der Waals surface area (Å²) in [4.78, 5) is 0. The van der Waals surface area contributed by atoms with Crippen LogP contribution < -0.4 is 15.2 Å². The highest BCUT2D eigenvalue weighted by molar-refractivity contribution is 9.10. The van der Waals surface area contributed by atoms with Crippen LogP contribution in [-0.2, 0) is 6.42 Å². The smallest absolute Gasteiger partial charge is 0.140 e. The quantitative estimate of drug-likeness (QED) is 0.863. The minimum absolute atomic E-state index is 0.264. The normalized spacial score (nSPS) is 12.0. The lowest BCUT2D eigenvalue weighted by molar-refractivity contribution is 0.385. The van der Waals surface area contributed by atoms with E-state index in [1.165, 1.54) is 5.56 Å². The molecule has 0 saturated heterocycles. The van der Waals surface area contributed by atoms with E-state index in [1.807, 2.05) is 30.3 Å². The fourth-order valence-corrected chi connectivity index (χ4v) is 3.16. The minimum Gasteiger partial charge on any atom is -0.495 e. The van der Waals surface area contributed by atoms with E-state index in [4.69, 9.17) is 15.2 Å². The first-order valence-electron chi connectivity index (χ1n) is 6.85. The van der Waals surface area contributed by atoms with Gasteiger partial charge in [0.1, 0.15) is 16.0 Å². The maximum absolute atomic E-state index is 5.96. The molecule has 2 aromatic rings. The Kier molecular flexibility index (Phi) is 5.65. The molecule has 0 fully saturated rings. The molecule has 3 nitrogen and oxygen atoms in total. The van der Waals surface area contributed by atoms with Gasteiger partial charge >= 0.3 is 0 Å². The van der Waals surface area contributed by atoms with Crippen molar-refractivity contribution < 1.29 is 9.47 Å². The second-order valence-corrected chi connectivity index (χ2v) is 5.61. The lowest BCUT2D eigenvalue weighted by atomic mass is 9.91. The van der Waals surface area contributed by atoms with Gasteiger partial charge in [-0.1, -0.05) is 36.4 Å². The van der Waals surface area contributed by atoms with Crippen molar-refractivity contribution in [2.24, 2.45) is 5.73 Å². The summed E-state index contributed by atoms with van der Waals surface area (Å²) in [7, 11) is 3.31. The number of halogens is 1. The number of ether oxygens (including phenoxy) is 2. The topological polar surface area (TPSA) is 44.5 Å². The van der Waals surface area contributed by atoms with Crippen molar-refractivity contribution in [2.75, 3.05) is 20.8 Å². The molecule has 0 aromatic heterocycles. The van der Waals surface area contributed by atoms with Crippen molar-refractivity contribution in [3.05, 3.63) is 58.1 Å². The molecule has 0 heterocycles. The highest BCUT2D eigenvalue weighted by Crippen LogP contribution is 2.38. The van der Waals surface area contributed by atoms with Crippen molar-refractivity contribution in [2.45, 2.75) is 12.3 Å². The van der Waals surface area contributed by atoms with E-state index in [9.17, 15) is 0 Å². The van der Waals surface area contributed by atoms with Gasteiger partial charge in [0.05, 0.1) is 14.2 Å². The summed E-state index contributed by atoms with van der Waals surface area (Å²) >= 11 is 3.54. The maximum atomic E-state index is 5.96. The monoisotopic (exact) mass is 349 g/mol. The summed E-state index contributed by atoms with van der Waals surface area (Å²) in [6.07, 6.45) is 0.826. The molecule has 1 unspecified atom stereocenters. The first kappa shape index (κ1) is 15.9. The predicted octanol–water partition coefficient (Wildman–Crippen LogP) is 3.75. The third kappa shape index (κ3) is 3.57. The van der Waals surface area contributed by atoms with Gasteiger partial charge in [0.25, 0.3) is 0 Å². The SMILES string of the molecule is COc1ccc(CC(CN)c2ccccc2)c(OC)c1Br. The third-order valence-electron chi connectivity index (χ3n) is 3.59. The van der Waals surface area contributed by atoms with Crippen LogP contribution in [0.2, 0.25) is 0 Å². The van der Waals surface area contributed by atoms with Gasteiger partial charge in [0.15, 0.2) is 0 Å². The minimum atomic E-state index is 0.264.